The van der Waals surface area contributed by atoms with Gasteiger partial charge in [0.2, 0.25) is 5.91 Å². The van der Waals surface area contributed by atoms with E-state index in [-0.39, 0.29) is 24.8 Å². The Morgan fingerprint density at radius 3 is 2.53 bits per heavy atom. The second-order valence-electron chi connectivity index (χ2n) is 7.22. The number of carbonyl (C=O) groups excluding carboxylic acids is 2. The van der Waals surface area contributed by atoms with Crippen LogP contribution in [0.15, 0.2) is 42.5 Å². The van der Waals surface area contributed by atoms with Gasteiger partial charge >= 0.3 is 5.97 Å². The number of anilines is 1. The molecule has 1 aliphatic heterocycles. The van der Waals surface area contributed by atoms with Crippen LogP contribution in [0.4, 0.5) is 5.69 Å². The van der Waals surface area contributed by atoms with Gasteiger partial charge in [-0.25, -0.2) is 0 Å². The number of hydrogen-bond donors (Lipinski definition) is 2. The molecular formula is C23H23N3O4. The standard InChI is InChI=1S/C23H23N3O4/c1-15(10-22(28)29)26-14-21(27)25(2)20-9-8-17(12-19(20)23(26)30)7-6-16-4-3-5-18(11-16)13-24/h3-5,8-9,11-12,15H,10,13-14,24H2,1-2H3,(H,28,29). The van der Waals surface area contributed by atoms with Crippen LogP contribution in [0, 0.1) is 11.8 Å². The molecule has 1 aliphatic rings. The van der Waals surface area contributed by atoms with Crippen molar-refractivity contribution in [1.82, 2.24) is 4.90 Å². The number of aliphatic carboxylic acids is 1. The minimum Gasteiger partial charge on any atom is -0.481 e. The summed E-state index contributed by atoms with van der Waals surface area (Å²) in [5.74, 6) is 4.42. The first kappa shape index (κ1) is 21.1. The lowest BCUT2D eigenvalue weighted by atomic mass is 10.1. The van der Waals surface area contributed by atoms with Crippen molar-refractivity contribution in [3.63, 3.8) is 0 Å². The minimum absolute atomic E-state index is 0.175. The van der Waals surface area contributed by atoms with Crippen molar-refractivity contribution in [1.29, 1.82) is 0 Å². The quantitative estimate of drug-likeness (QED) is 0.756. The smallest absolute Gasteiger partial charge is 0.305 e. The van der Waals surface area contributed by atoms with Crippen molar-refractivity contribution in [2.45, 2.75) is 25.9 Å². The Morgan fingerprint density at radius 1 is 1.17 bits per heavy atom. The molecule has 0 aliphatic carbocycles. The number of likely N-dealkylation sites (N-methyl/N-ethyl adjacent to an activating group) is 1. The molecule has 7 heteroatoms. The Balaban J connectivity index is 1.98. The maximum Gasteiger partial charge on any atom is 0.305 e. The Labute approximate surface area is 175 Å². The molecule has 0 bridgehead atoms. The molecule has 0 saturated carbocycles. The lowest BCUT2D eigenvalue weighted by molar-refractivity contribution is -0.138. The van der Waals surface area contributed by atoms with Gasteiger partial charge in [0.05, 0.1) is 17.7 Å². The largest absolute Gasteiger partial charge is 0.481 e. The van der Waals surface area contributed by atoms with Crippen molar-refractivity contribution in [2.24, 2.45) is 5.73 Å². The van der Waals surface area contributed by atoms with Gasteiger partial charge in [-0.1, -0.05) is 24.0 Å². The van der Waals surface area contributed by atoms with Gasteiger partial charge in [0, 0.05) is 30.8 Å². The number of amides is 2. The summed E-state index contributed by atoms with van der Waals surface area (Å²) in [6.45, 7) is 1.87. The number of benzene rings is 2. The third-order valence-corrected chi connectivity index (χ3v) is 5.04. The molecule has 1 heterocycles. The number of carboxylic acid groups (broad SMARTS) is 1. The van der Waals surface area contributed by atoms with E-state index in [0.29, 0.717) is 23.4 Å². The molecule has 0 spiro atoms. The van der Waals surface area contributed by atoms with Crippen molar-refractivity contribution >= 4 is 23.5 Å². The number of nitrogens with two attached hydrogens (primary N) is 1. The highest BCUT2D eigenvalue weighted by atomic mass is 16.4. The number of carboxylic acids is 1. The summed E-state index contributed by atoms with van der Waals surface area (Å²) in [4.78, 5) is 39.5. The van der Waals surface area contributed by atoms with E-state index in [9.17, 15) is 14.4 Å². The van der Waals surface area contributed by atoms with Crippen molar-refractivity contribution in [2.75, 3.05) is 18.5 Å². The molecule has 1 atom stereocenters. The van der Waals surface area contributed by atoms with Gasteiger partial charge in [-0.3, -0.25) is 14.4 Å². The van der Waals surface area contributed by atoms with E-state index in [0.717, 1.165) is 11.1 Å². The van der Waals surface area contributed by atoms with Crippen LogP contribution < -0.4 is 10.6 Å². The van der Waals surface area contributed by atoms with Crippen LogP contribution in [0.25, 0.3) is 0 Å². The van der Waals surface area contributed by atoms with Gasteiger partial charge in [-0.2, -0.15) is 0 Å². The van der Waals surface area contributed by atoms with Crippen LogP contribution in [0.3, 0.4) is 0 Å². The Kier molecular flexibility index (Phi) is 6.19. The summed E-state index contributed by atoms with van der Waals surface area (Å²) < 4.78 is 0. The summed E-state index contributed by atoms with van der Waals surface area (Å²) in [5.41, 5.74) is 8.87. The lowest BCUT2D eigenvalue weighted by Gasteiger charge is -2.26. The van der Waals surface area contributed by atoms with Crippen LogP contribution in [0.5, 0.6) is 0 Å². The van der Waals surface area contributed by atoms with Crippen LogP contribution in [0.2, 0.25) is 0 Å². The molecule has 3 N–H and O–H groups in total. The number of rotatable bonds is 4. The van der Waals surface area contributed by atoms with Crippen molar-refractivity contribution in [3.05, 3.63) is 64.7 Å². The zero-order valence-corrected chi connectivity index (χ0v) is 16.9. The van der Waals surface area contributed by atoms with Gasteiger partial charge in [0.25, 0.3) is 5.91 Å². The van der Waals surface area contributed by atoms with E-state index >= 15 is 0 Å². The zero-order valence-electron chi connectivity index (χ0n) is 16.9. The molecule has 0 fully saturated rings. The highest BCUT2D eigenvalue weighted by Gasteiger charge is 2.33. The van der Waals surface area contributed by atoms with Gasteiger partial charge in [0.15, 0.2) is 0 Å². The number of carbonyl (C=O) groups is 3. The molecule has 0 saturated heterocycles. The number of nitrogens with zero attached hydrogens (tertiary/aromatic N) is 2. The third-order valence-electron chi connectivity index (χ3n) is 5.04. The molecule has 2 amide bonds. The fourth-order valence-electron chi connectivity index (χ4n) is 3.33. The van der Waals surface area contributed by atoms with Crippen molar-refractivity contribution < 1.29 is 19.5 Å². The summed E-state index contributed by atoms with van der Waals surface area (Å²) >= 11 is 0. The summed E-state index contributed by atoms with van der Waals surface area (Å²) in [6.07, 6.45) is -0.241. The zero-order chi connectivity index (χ0) is 21.8. The van der Waals surface area contributed by atoms with Gasteiger partial charge in [-0.05, 0) is 42.8 Å². The summed E-state index contributed by atoms with van der Waals surface area (Å²) in [6, 6.07) is 12.1. The highest BCUT2D eigenvalue weighted by molar-refractivity contribution is 6.09. The predicted molar refractivity (Wildman–Crippen MR) is 113 cm³/mol. The molecule has 30 heavy (non-hydrogen) atoms. The molecule has 0 radical (unpaired) electrons. The van der Waals surface area contributed by atoms with Gasteiger partial charge in [0.1, 0.15) is 6.54 Å². The van der Waals surface area contributed by atoms with Gasteiger partial charge < -0.3 is 20.6 Å². The van der Waals surface area contributed by atoms with E-state index < -0.39 is 12.0 Å². The number of hydrogen-bond acceptors (Lipinski definition) is 4. The second-order valence-corrected chi connectivity index (χ2v) is 7.22. The first-order chi connectivity index (χ1) is 14.3. The molecule has 1 unspecified atom stereocenters. The van der Waals surface area contributed by atoms with Crippen molar-refractivity contribution in [3.8, 4) is 11.8 Å². The van der Waals surface area contributed by atoms with Crippen LogP contribution >= 0.6 is 0 Å². The van der Waals surface area contributed by atoms with E-state index in [1.54, 1.807) is 32.2 Å². The average Bonchev–Trinajstić information content (AvgIpc) is 2.82. The molecule has 3 rings (SSSR count). The summed E-state index contributed by atoms with van der Waals surface area (Å²) in [7, 11) is 1.60. The Morgan fingerprint density at radius 2 is 1.87 bits per heavy atom. The molecule has 0 aromatic heterocycles. The first-order valence-electron chi connectivity index (χ1n) is 9.54. The van der Waals surface area contributed by atoms with Crippen LogP contribution in [-0.2, 0) is 16.1 Å². The fourth-order valence-corrected chi connectivity index (χ4v) is 3.33. The monoisotopic (exact) mass is 405 g/mol. The first-order valence-corrected chi connectivity index (χ1v) is 9.54. The van der Waals surface area contributed by atoms with E-state index in [1.807, 2.05) is 24.3 Å². The molecule has 7 nitrogen and oxygen atoms in total. The topological polar surface area (TPSA) is 104 Å². The molecule has 154 valence electrons. The third kappa shape index (κ3) is 4.50. The van der Waals surface area contributed by atoms with E-state index in [1.165, 1.54) is 9.80 Å². The maximum atomic E-state index is 13.2. The Hall–Kier alpha value is -3.63. The molecular weight excluding hydrogens is 382 g/mol. The van der Waals surface area contributed by atoms with E-state index in [2.05, 4.69) is 11.8 Å². The van der Waals surface area contributed by atoms with Gasteiger partial charge in [-0.15, -0.1) is 0 Å². The normalized spacial score (nSPS) is 14.5. The average molecular weight is 405 g/mol. The van der Waals surface area contributed by atoms with Crippen LogP contribution in [0.1, 0.15) is 40.4 Å². The highest BCUT2D eigenvalue weighted by Crippen LogP contribution is 2.27. The second kappa shape index (κ2) is 8.80. The van der Waals surface area contributed by atoms with Crippen LogP contribution in [-0.4, -0.2) is 47.4 Å². The lowest BCUT2D eigenvalue weighted by Crippen LogP contribution is -2.43. The summed E-state index contributed by atoms with van der Waals surface area (Å²) in [5, 5.41) is 9.08. The fraction of sp³-hybridized carbons (Fsp3) is 0.261. The SMILES string of the molecule is CC(CC(=O)O)N1CC(=O)N(C)c2ccc(C#Cc3cccc(CN)c3)cc2C1=O. The molecule has 2 aromatic carbocycles. The minimum atomic E-state index is -1.03. The molecule has 2 aromatic rings. The van der Waals surface area contributed by atoms with E-state index in [4.69, 9.17) is 10.8 Å². The number of fused-ring (bicyclic) bond motifs is 1. The Bertz CT molecular complexity index is 1070. The predicted octanol–water partition coefficient (Wildman–Crippen LogP) is 1.83. The maximum absolute atomic E-state index is 13.2.